The number of carboxylic acid groups (broad SMARTS) is 1. The van der Waals surface area contributed by atoms with E-state index in [1.54, 1.807) is 13.0 Å². The molecule has 3 aliphatic carbocycles. The highest BCUT2D eigenvalue weighted by Crippen LogP contribution is 2.68. The van der Waals surface area contributed by atoms with Gasteiger partial charge >= 0.3 is 13.1 Å². The lowest BCUT2D eigenvalue weighted by Gasteiger charge is -2.51. The van der Waals surface area contributed by atoms with Crippen LogP contribution in [0.15, 0.2) is 18.2 Å². The Morgan fingerprint density at radius 2 is 1.93 bits per heavy atom. The summed E-state index contributed by atoms with van der Waals surface area (Å²) < 4.78 is 30.1. The zero-order valence-electron chi connectivity index (χ0n) is 18.1. The van der Waals surface area contributed by atoms with Gasteiger partial charge in [-0.3, -0.25) is 4.79 Å². The van der Waals surface area contributed by atoms with Crippen molar-refractivity contribution in [3.8, 4) is 0 Å². The molecule has 4 rings (SSSR count). The van der Waals surface area contributed by atoms with Crippen LogP contribution in [0.25, 0.3) is 0 Å². The Kier molecular flexibility index (Phi) is 6.64. The normalized spacial score (nSPS) is 33.4. The number of aliphatic carboxylic acids is 1. The molecule has 3 N–H and O–H groups in total. The van der Waals surface area contributed by atoms with Crippen molar-refractivity contribution in [2.24, 2.45) is 23.2 Å². The number of benzene rings is 1. The quantitative estimate of drug-likeness (QED) is 0.642. The van der Waals surface area contributed by atoms with Crippen LogP contribution >= 0.6 is 0 Å². The molecule has 3 aliphatic rings. The van der Waals surface area contributed by atoms with E-state index in [4.69, 9.17) is 5.11 Å². The van der Waals surface area contributed by atoms with Crippen LogP contribution in [-0.4, -0.2) is 34.2 Å². The summed E-state index contributed by atoms with van der Waals surface area (Å²) in [5.74, 6) is -3.79. The second-order valence-corrected chi connectivity index (χ2v) is 9.22. The second kappa shape index (κ2) is 8.58. The highest BCUT2D eigenvalue weighted by Gasteiger charge is 2.67. The molecule has 0 heterocycles. The molecule has 2 fully saturated rings. The standard InChI is InChI=1S/C21H27BF2O4.C2H6/c1-20-9-8-16-15-6-4-14(22(27)28)10-12(15)2-5-17(16)19(20)13(3-7-18(25)26)11-21(20,23)24;1-2/h4,6,10,13,16-17,19,27-28H,2-3,5,7-9,11H2,1H3,(H,25,26);1-2H3/t13-,16-,17-,19+,20+;/m1./s1. The summed E-state index contributed by atoms with van der Waals surface area (Å²) in [6.07, 6.45) is 2.73. The first-order chi connectivity index (χ1) is 14.1. The number of rotatable bonds is 4. The van der Waals surface area contributed by atoms with Crippen LogP contribution in [0.3, 0.4) is 0 Å². The van der Waals surface area contributed by atoms with Gasteiger partial charge in [-0.15, -0.1) is 0 Å². The molecule has 30 heavy (non-hydrogen) atoms. The molecule has 0 bridgehead atoms. The molecule has 0 aliphatic heterocycles. The van der Waals surface area contributed by atoms with Crippen molar-refractivity contribution in [3.05, 3.63) is 29.3 Å². The van der Waals surface area contributed by atoms with Crippen LogP contribution in [0.5, 0.6) is 0 Å². The summed E-state index contributed by atoms with van der Waals surface area (Å²) in [6, 6.07) is 5.48. The van der Waals surface area contributed by atoms with Crippen LogP contribution < -0.4 is 5.46 Å². The number of carboxylic acids is 1. The number of carbonyl (C=O) groups is 1. The molecule has 2 saturated carbocycles. The van der Waals surface area contributed by atoms with Gasteiger partial charge in [-0.05, 0) is 72.4 Å². The number of aryl methyl sites for hydroxylation is 1. The number of fused-ring (bicyclic) bond motifs is 5. The number of alkyl halides is 2. The van der Waals surface area contributed by atoms with E-state index >= 15 is 8.78 Å². The van der Waals surface area contributed by atoms with Crippen molar-refractivity contribution < 1.29 is 28.7 Å². The van der Waals surface area contributed by atoms with Gasteiger partial charge in [0, 0.05) is 18.3 Å². The van der Waals surface area contributed by atoms with E-state index in [1.165, 1.54) is 0 Å². The summed E-state index contributed by atoms with van der Waals surface area (Å²) in [6.45, 7) is 5.72. The number of hydrogen-bond acceptors (Lipinski definition) is 3. The van der Waals surface area contributed by atoms with Crippen LogP contribution in [0, 0.1) is 23.2 Å². The zero-order valence-corrected chi connectivity index (χ0v) is 18.1. The van der Waals surface area contributed by atoms with Gasteiger partial charge < -0.3 is 15.2 Å². The summed E-state index contributed by atoms with van der Waals surface area (Å²) in [5.41, 5.74) is 1.64. The van der Waals surface area contributed by atoms with E-state index in [-0.39, 0.29) is 36.5 Å². The number of halogens is 2. The maximum absolute atomic E-state index is 15.0. The smallest absolute Gasteiger partial charge is 0.481 e. The molecule has 0 saturated heterocycles. The Morgan fingerprint density at radius 3 is 2.57 bits per heavy atom. The molecule has 0 aromatic heterocycles. The molecular weight excluding hydrogens is 389 g/mol. The average Bonchev–Trinajstić information content (AvgIpc) is 2.92. The lowest BCUT2D eigenvalue weighted by atomic mass is 9.53. The molecule has 1 aromatic rings. The summed E-state index contributed by atoms with van der Waals surface area (Å²) in [4.78, 5) is 11.1. The van der Waals surface area contributed by atoms with Gasteiger partial charge in [-0.25, -0.2) is 8.78 Å². The lowest BCUT2D eigenvalue weighted by Crippen LogP contribution is -2.47. The van der Waals surface area contributed by atoms with Crippen LogP contribution in [0.2, 0.25) is 0 Å². The zero-order chi connectivity index (χ0) is 22.3. The second-order valence-electron chi connectivity index (χ2n) is 9.22. The predicted molar refractivity (Wildman–Crippen MR) is 113 cm³/mol. The topological polar surface area (TPSA) is 77.8 Å². The maximum atomic E-state index is 15.0. The fourth-order valence-electron chi connectivity index (χ4n) is 6.59. The van der Waals surface area contributed by atoms with Crippen molar-refractivity contribution >= 4 is 18.6 Å². The Labute approximate surface area is 177 Å². The van der Waals surface area contributed by atoms with Crippen LogP contribution in [0.4, 0.5) is 8.78 Å². The van der Waals surface area contributed by atoms with E-state index in [1.807, 2.05) is 26.0 Å². The van der Waals surface area contributed by atoms with Crippen molar-refractivity contribution in [3.63, 3.8) is 0 Å². The summed E-state index contributed by atoms with van der Waals surface area (Å²) in [5, 5.41) is 27.9. The number of hydrogen-bond donors (Lipinski definition) is 3. The van der Waals surface area contributed by atoms with E-state index < -0.39 is 24.4 Å². The molecule has 0 unspecified atom stereocenters. The molecule has 0 amide bonds. The minimum atomic E-state index is -2.75. The predicted octanol–water partition coefficient (Wildman–Crippen LogP) is 3.97. The molecule has 0 radical (unpaired) electrons. The van der Waals surface area contributed by atoms with E-state index in [0.29, 0.717) is 24.7 Å². The van der Waals surface area contributed by atoms with Crippen molar-refractivity contribution in [2.75, 3.05) is 0 Å². The van der Waals surface area contributed by atoms with Crippen LogP contribution in [0.1, 0.15) is 76.3 Å². The monoisotopic (exact) mass is 422 g/mol. The van der Waals surface area contributed by atoms with E-state index in [9.17, 15) is 14.8 Å². The Balaban J connectivity index is 0.00000124. The highest BCUT2D eigenvalue weighted by molar-refractivity contribution is 6.58. The molecule has 0 spiro atoms. The van der Waals surface area contributed by atoms with Crippen molar-refractivity contribution in [1.82, 2.24) is 0 Å². The Bertz CT molecular complexity index is 784. The SMILES string of the molecule is CC.C[C@]12CC[C@@H]3c4ccc(B(O)O)cc4CC[C@H]3[C@@H]1[C@H](CCC(=O)O)CC2(F)F. The molecule has 1 aromatic carbocycles. The van der Waals surface area contributed by atoms with Gasteiger partial charge in [0.15, 0.2) is 0 Å². The first-order valence-electron chi connectivity index (χ1n) is 11.2. The highest BCUT2D eigenvalue weighted by atomic mass is 19.3. The third-order valence-electron chi connectivity index (χ3n) is 7.89. The molecule has 166 valence electrons. The van der Waals surface area contributed by atoms with Crippen LogP contribution in [-0.2, 0) is 11.2 Å². The van der Waals surface area contributed by atoms with Gasteiger partial charge in [0.05, 0.1) is 0 Å². The van der Waals surface area contributed by atoms with Gasteiger partial charge in [-0.1, -0.05) is 39.0 Å². The third kappa shape index (κ3) is 3.79. The summed E-state index contributed by atoms with van der Waals surface area (Å²) >= 11 is 0. The molecule has 5 atom stereocenters. The Hall–Kier alpha value is -1.47. The molecule has 4 nitrogen and oxygen atoms in total. The van der Waals surface area contributed by atoms with Crippen molar-refractivity contribution in [2.45, 2.75) is 77.6 Å². The van der Waals surface area contributed by atoms with E-state index in [0.717, 1.165) is 24.0 Å². The maximum Gasteiger partial charge on any atom is 0.488 e. The van der Waals surface area contributed by atoms with Gasteiger partial charge in [0.1, 0.15) is 0 Å². The average molecular weight is 422 g/mol. The summed E-state index contributed by atoms with van der Waals surface area (Å²) in [7, 11) is -1.51. The molecular formula is C23H33BF2O4. The first kappa shape index (κ1) is 23.2. The van der Waals surface area contributed by atoms with Gasteiger partial charge in [0.2, 0.25) is 0 Å². The largest absolute Gasteiger partial charge is 0.488 e. The first-order valence-corrected chi connectivity index (χ1v) is 11.2. The van der Waals surface area contributed by atoms with Gasteiger partial charge in [-0.2, -0.15) is 0 Å². The van der Waals surface area contributed by atoms with E-state index in [2.05, 4.69) is 0 Å². The lowest BCUT2D eigenvalue weighted by molar-refractivity contribution is -0.137. The Morgan fingerprint density at radius 1 is 1.23 bits per heavy atom. The van der Waals surface area contributed by atoms with Gasteiger partial charge in [0.25, 0.3) is 5.92 Å². The fraction of sp³-hybridized carbons (Fsp3) is 0.696. The third-order valence-corrected chi connectivity index (χ3v) is 7.89. The minimum Gasteiger partial charge on any atom is -0.481 e. The molecule has 7 heteroatoms. The van der Waals surface area contributed by atoms with Crippen molar-refractivity contribution in [1.29, 1.82) is 0 Å². The minimum absolute atomic E-state index is 0.0565. The fourth-order valence-corrected chi connectivity index (χ4v) is 6.59.